The molecule has 0 radical (unpaired) electrons. The van der Waals surface area contributed by atoms with E-state index < -0.39 is 16.0 Å². The maximum atomic E-state index is 13.7. The van der Waals surface area contributed by atoms with Crippen LogP contribution in [0.15, 0.2) is 57.9 Å². The van der Waals surface area contributed by atoms with Crippen molar-refractivity contribution in [3.8, 4) is 22.8 Å². The average Bonchev–Trinajstić information content (AvgIpc) is 3.28. The number of carbonyl (C=O) groups is 1. The molecule has 9 nitrogen and oxygen atoms in total. The van der Waals surface area contributed by atoms with Crippen LogP contribution in [0.3, 0.4) is 0 Å². The van der Waals surface area contributed by atoms with Crippen LogP contribution in [-0.2, 0) is 14.8 Å². The number of hydrogen-bond donors (Lipinski definition) is 0. The quantitative estimate of drug-likeness (QED) is 0.517. The smallest absolute Gasteiger partial charge is 0.360 e. The third-order valence-electron chi connectivity index (χ3n) is 4.90. The lowest BCUT2D eigenvalue weighted by Gasteiger charge is -2.34. The third-order valence-corrected chi connectivity index (χ3v) is 6.70. The number of sulfonamides is 1. The van der Waals surface area contributed by atoms with Crippen LogP contribution in [0.5, 0.6) is 11.5 Å². The predicted octanol–water partition coefficient (Wildman–Crippen LogP) is 3.50. The van der Waals surface area contributed by atoms with E-state index in [1.807, 2.05) is 0 Å². The Morgan fingerprint density at radius 1 is 1.22 bits per heavy atom. The van der Waals surface area contributed by atoms with E-state index in [-0.39, 0.29) is 41.4 Å². The van der Waals surface area contributed by atoms with Crippen molar-refractivity contribution in [1.82, 2.24) is 5.16 Å². The van der Waals surface area contributed by atoms with E-state index in [9.17, 15) is 13.2 Å². The summed E-state index contributed by atoms with van der Waals surface area (Å²) in [7, 11) is -2.63. The normalized spacial score (nSPS) is 15.6. The lowest BCUT2D eigenvalue weighted by Crippen LogP contribution is -2.42. The Balaban J connectivity index is 1.78. The molecule has 168 valence electrons. The van der Waals surface area contributed by atoms with Crippen LogP contribution < -0.4 is 13.8 Å². The first kappa shape index (κ1) is 21.7. The minimum absolute atomic E-state index is 0.00185. The molecule has 1 aliphatic rings. The van der Waals surface area contributed by atoms with Crippen LogP contribution in [0.25, 0.3) is 11.3 Å². The molecular weight excluding hydrogens is 436 g/mol. The summed E-state index contributed by atoms with van der Waals surface area (Å²) in [6.07, 6.45) is -0.338. The molecule has 1 aromatic heterocycles. The van der Waals surface area contributed by atoms with Gasteiger partial charge in [0.15, 0.2) is 11.5 Å². The van der Waals surface area contributed by atoms with Gasteiger partial charge in [-0.2, -0.15) is 0 Å². The molecule has 0 fully saturated rings. The van der Waals surface area contributed by atoms with Crippen molar-refractivity contribution in [2.45, 2.75) is 24.8 Å². The van der Waals surface area contributed by atoms with Gasteiger partial charge < -0.3 is 18.7 Å². The number of rotatable bonds is 6. The summed E-state index contributed by atoms with van der Waals surface area (Å²) in [6.45, 7) is 3.83. The highest BCUT2D eigenvalue weighted by atomic mass is 32.2. The van der Waals surface area contributed by atoms with E-state index in [2.05, 4.69) is 5.16 Å². The first-order chi connectivity index (χ1) is 15.3. The van der Waals surface area contributed by atoms with Gasteiger partial charge in [0.2, 0.25) is 0 Å². The number of benzene rings is 2. The standard InChI is InChI=1S/C22H22N2O7S/c1-4-29-22(25)16-12-20(31-23-16)15-9-10-19(28-3)21(11-15)32(26,27)24-13-14(2)30-18-8-6-5-7-17(18)24/h5-12,14H,4,13H2,1-3H3/t14-/m1/s1. The lowest BCUT2D eigenvalue weighted by molar-refractivity contribution is 0.0514. The van der Waals surface area contributed by atoms with Gasteiger partial charge >= 0.3 is 5.97 Å². The van der Waals surface area contributed by atoms with Crippen LogP contribution in [0.1, 0.15) is 24.3 Å². The molecular formula is C22H22N2O7S. The van der Waals surface area contributed by atoms with Gasteiger partial charge in [-0.05, 0) is 44.2 Å². The fraction of sp³-hybridized carbons (Fsp3) is 0.273. The van der Waals surface area contributed by atoms with Gasteiger partial charge in [-0.25, -0.2) is 13.2 Å². The molecule has 0 N–H and O–H groups in total. The maximum Gasteiger partial charge on any atom is 0.360 e. The SMILES string of the molecule is CCOC(=O)c1cc(-c2ccc(OC)c(S(=O)(=O)N3C[C@@H](C)Oc4ccccc43)c2)on1. The van der Waals surface area contributed by atoms with Crippen molar-refractivity contribution < 1.29 is 31.9 Å². The zero-order chi connectivity index (χ0) is 22.9. The van der Waals surface area contributed by atoms with Gasteiger partial charge in [0, 0.05) is 11.6 Å². The topological polar surface area (TPSA) is 108 Å². The number of nitrogens with zero attached hydrogens (tertiary/aromatic N) is 2. The Morgan fingerprint density at radius 2 is 2.00 bits per heavy atom. The van der Waals surface area contributed by atoms with Crippen molar-refractivity contribution in [3.63, 3.8) is 0 Å². The average molecular weight is 458 g/mol. The molecule has 1 aliphatic heterocycles. The van der Waals surface area contributed by atoms with Crippen LogP contribution in [0.4, 0.5) is 5.69 Å². The number of carbonyl (C=O) groups excluding carboxylic acids is 1. The van der Waals surface area contributed by atoms with Crippen LogP contribution in [0.2, 0.25) is 0 Å². The first-order valence-electron chi connectivity index (χ1n) is 9.95. The summed E-state index contributed by atoms with van der Waals surface area (Å²) in [5.41, 5.74) is 0.863. The molecule has 0 saturated heterocycles. The zero-order valence-electron chi connectivity index (χ0n) is 17.8. The summed E-state index contributed by atoms with van der Waals surface area (Å²) < 4.78 is 50.1. The summed E-state index contributed by atoms with van der Waals surface area (Å²) in [5.74, 6) is 0.264. The van der Waals surface area contributed by atoms with Gasteiger partial charge in [-0.1, -0.05) is 17.3 Å². The number of ether oxygens (including phenoxy) is 3. The Hall–Kier alpha value is -3.53. The fourth-order valence-corrected chi connectivity index (χ4v) is 5.17. The Labute approximate surface area is 185 Å². The molecule has 32 heavy (non-hydrogen) atoms. The zero-order valence-corrected chi connectivity index (χ0v) is 18.6. The van der Waals surface area contributed by atoms with Crippen molar-refractivity contribution in [2.75, 3.05) is 24.6 Å². The predicted molar refractivity (Wildman–Crippen MR) is 116 cm³/mol. The summed E-state index contributed by atoms with van der Waals surface area (Å²) in [4.78, 5) is 11.8. The summed E-state index contributed by atoms with van der Waals surface area (Å²) in [6, 6.07) is 13.0. The number of hydrogen-bond acceptors (Lipinski definition) is 8. The molecule has 2 aromatic carbocycles. The van der Waals surface area contributed by atoms with Crippen molar-refractivity contribution in [1.29, 1.82) is 0 Å². The molecule has 0 spiro atoms. The number of methoxy groups -OCH3 is 1. The van der Waals surface area contributed by atoms with Crippen molar-refractivity contribution in [3.05, 3.63) is 54.2 Å². The molecule has 1 atom stereocenters. The number of anilines is 1. The lowest BCUT2D eigenvalue weighted by atomic mass is 10.1. The van der Waals surface area contributed by atoms with E-state index >= 15 is 0 Å². The Bertz CT molecular complexity index is 1250. The number of aromatic nitrogens is 1. The molecule has 0 saturated carbocycles. The van der Waals surface area contributed by atoms with E-state index in [1.54, 1.807) is 44.2 Å². The summed E-state index contributed by atoms with van der Waals surface area (Å²) >= 11 is 0. The molecule has 0 amide bonds. The van der Waals surface area contributed by atoms with Gasteiger partial charge in [0.05, 0.1) is 25.9 Å². The van der Waals surface area contributed by atoms with Gasteiger partial charge in [-0.3, -0.25) is 4.31 Å². The highest BCUT2D eigenvalue weighted by molar-refractivity contribution is 7.93. The van der Waals surface area contributed by atoms with E-state index in [1.165, 1.54) is 29.6 Å². The largest absolute Gasteiger partial charge is 0.495 e. The van der Waals surface area contributed by atoms with Gasteiger partial charge in [0.1, 0.15) is 22.5 Å². The molecule has 0 bridgehead atoms. The highest BCUT2D eigenvalue weighted by Crippen LogP contribution is 2.39. The Kier molecular flexibility index (Phi) is 5.79. The summed E-state index contributed by atoms with van der Waals surface area (Å²) in [5, 5.41) is 3.72. The minimum Gasteiger partial charge on any atom is -0.495 e. The highest BCUT2D eigenvalue weighted by Gasteiger charge is 2.35. The second-order valence-electron chi connectivity index (χ2n) is 7.09. The Morgan fingerprint density at radius 3 is 2.75 bits per heavy atom. The van der Waals surface area contributed by atoms with E-state index in [0.29, 0.717) is 17.0 Å². The van der Waals surface area contributed by atoms with Crippen LogP contribution in [-0.4, -0.2) is 45.9 Å². The second kappa shape index (κ2) is 8.54. The fourth-order valence-electron chi connectivity index (χ4n) is 3.44. The number of para-hydroxylation sites is 2. The van der Waals surface area contributed by atoms with Crippen molar-refractivity contribution in [2.24, 2.45) is 0 Å². The van der Waals surface area contributed by atoms with Crippen LogP contribution in [0, 0.1) is 0 Å². The van der Waals surface area contributed by atoms with Gasteiger partial charge in [0.25, 0.3) is 10.0 Å². The number of esters is 1. The molecule has 4 rings (SSSR count). The molecule has 2 heterocycles. The second-order valence-corrected chi connectivity index (χ2v) is 8.93. The van der Waals surface area contributed by atoms with E-state index in [4.69, 9.17) is 18.7 Å². The van der Waals surface area contributed by atoms with Crippen LogP contribution >= 0.6 is 0 Å². The minimum atomic E-state index is -4.03. The monoisotopic (exact) mass is 458 g/mol. The third kappa shape index (κ3) is 3.89. The van der Waals surface area contributed by atoms with Gasteiger partial charge in [-0.15, -0.1) is 0 Å². The molecule has 3 aromatic rings. The maximum absolute atomic E-state index is 13.7. The molecule has 0 unspecified atom stereocenters. The molecule has 10 heteroatoms. The first-order valence-corrected chi connectivity index (χ1v) is 11.4. The van der Waals surface area contributed by atoms with Crippen molar-refractivity contribution >= 4 is 21.7 Å². The van der Waals surface area contributed by atoms with E-state index in [0.717, 1.165) is 0 Å². The molecule has 0 aliphatic carbocycles. The number of fused-ring (bicyclic) bond motifs is 1.